The van der Waals surface area contributed by atoms with Crippen molar-refractivity contribution in [3.05, 3.63) is 70.2 Å². The Kier molecular flexibility index (Phi) is 8.15. The van der Waals surface area contributed by atoms with E-state index in [4.69, 9.17) is 0 Å². The van der Waals surface area contributed by atoms with Gasteiger partial charge >= 0.3 is 0 Å². The third-order valence-corrected chi connectivity index (χ3v) is 4.68. The number of carbonyl (C=O) groups is 1. The highest BCUT2D eigenvalue weighted by Crippen LogP contribution is 2.17. The van der Waals surface area contributed by atoms with Crippen LogP contribution in [0, 0.1) is 0 Å². The fraction of sp³-hybridized carbons (Fsp3) is 0.300. The SMILES string of the molecule is CN=C(NCCC(=O)NCc1ccccc1)N(C)Cc1ccccc1Br. The van der Waals surface area contributed by atoms with Gasteiger partial charge < -0.3 is 15.5 Å². The molecule has 0 aromatic heterocycles. The highest BCUT2D eigenvalue weighted by Gasteiger charge is 2.09. The molecule has 0 radical (unpaired) electrons. The first-order chi connectivity index (χ1) is 12.6. The van der Waals surface area contributed by atoms with Crippen LogP contribution < -0.4 is 10.6 Å². The third-order valence-electron chi connectivity index (χ3n) is 3.91. The molecular weight excluding hydrogens is 392 g/mol. The lowest BCUT2D eigenvalue weighted by atomic mass is 10.2. The van der Waals surface area contributed by atoms with E-state index in [0.29, 0.717) is 19.5 Å². The molecule has 2 aromatic carbocycles. The van der Waals surface area contributed by atoms with Gasteiger partial charge in [0.2, 0.25) is 5.91 Å². The molecule has 2 aromatic rings. The molecule has 0 unspecified atom stereocenters. The smallest absolute Gasteiger partial charge is 0.222 e. The molecule has 0 aliphatic carbocycles. The molecule has 0 heterocycles. The molecule has 0 saturated heterocycles. The molecule has 1 amide bonds. The monoisotopic (exact) mass is 416 g/mol. The lowest BCUT2D eigenvalue weighted by Crippen LogP contribution is -2.40. The number of aliphatic imine (C=N–C) groups is 1. The van der Waals surface area contributed by atoms with Gasteiger partial charge in [0, 0.05) is 44.6 Å². The topological polar surface area (TPSA) is 56.7 Å². The van der Waals surface area contributed by atoms with Crippen LogP contribution in [0.2, 0.25) is 0 Å². The number of halogens is 1. The van der Waals surface area contributed by atoms with Crippen LogP contribution in [-0.2, 0) is 17.9 Å². The molecule has 2 rings (SSSR count). The Balaban J connectivity index is 1.74. The second-order valence-corrected chi connectivity index (χ2v) is 6.79. The van der Waals surface area contributed by atoms with Gasteiger partial charge in [0.1, 0.15) is 0 Å². The van der Waals surface area contributed by atoms with Gasteiger partial charge in [-0.05, 0) is 17.2 Å². The van der Waals surface area contributed by atoms with Gasteiger partial charge in [0.15, 0.2) is 5.96 Å². The number of carbonyl (C=O) groups excluding carboxylic acids is 1. The molecule has 2 N–H and O–H groups in total. The van der Waals surface area contributed by atoms with E-state index in [1.807, 2.05) is 60.5 Å². The number of hydrogen-bond donors (Lipinski definition) is 2. The van der Waals surface area contributed by atoms with E-state index in [-0.39, 0.29) is 5.91 Å². The Morgan fingerprint density at radius 2 is 1.77 bits per heavy atom. The summed E-state index contributed by atoms with van der Waals surface area (Å²) < 4.78 is 1.07. The molecule has 0 spiro atoms. The zero-order chi connectivity index (χ0) is 18.8. The molecule has 0 fully saturated rings. The number of rotatable bonds is 7. The number of guanidine groups is 1. The second kappa shape index (κ2) is 10.6. The van der Waals surface area contributed by atoms with Crippen molar-refractivity contribution in [1.82, 2.24) is 15.5 Å². The summed E-state index contributed by atoms with van der Waals surface area (Å²) in [5, 5.41) is 6.17. The quantitative estimate of drug-likeness (QED) is 0.538. The third kappa shape index (κ3) is 6.52. The Morgan fingerprint density at radius 3 is 2.46 bits per heavy atom. The molecule has 5 nitrogen and oxygen atoms in total. The lowest BCUT2D eigenvalue weighted by Gasteiger charge is -2.22. The normalized spacial score (nSPS) is 11.1. The van der Waals surface area contributed by atoms with Crippen molar-refractivity contribution in [3.8, 4) is 0 Å². The van der Waals surface area contributed by atoms with Crippen LogP contribution in [0.5, 0.6) is 0 Å². The van der Waals surface area contributed by atoms with E-state index < -0.39 is 0 Å². The van der Waals surface area contributed by atoms with Gasteiger partial charge in [-0.25, -0.2) is 0 Å². The fourth-order valence-electron chi connectivity index (χ4n) is 2.51. The number of nitrogens with one attached hydrogen (secondary N) is 2. The van der Waals surface area contributed by atoms with Crippen molar-refractivity contribution >= 4 is 27.8 Å². The van der Waals surface area contributed by atoms with Crippen LogP contribution in [0.4, 0.5) is 0 Å². The van der Waals surface area contributed by atoms with Gasteiger partial charge in [-0.2, -0.15) is 0 Å². The van der Waals surface area contributed by atoms with Crippen molar-refractivity contribution in [2.75, 3.05) is 20.6 Å². The lowest BCUT2D eigenvalue weighted by molar-refractivity contribution is -0.121. The summed E-state index contributed by atoms with van der Waals surface area (Å²) in [5.41, 5.74) is 2.27. The zero-order valence-electron chi connectivity index (χ0n) is 15.2. The minimum absolute atomic E-state index is 0.0188. The molecule has 0 saturated carbocycles. The van der Waals surface area contributed by atoms with E-state index >= 15 is 0 Å². The summed E-state index contributed by atoms with van der Waals surface area (Å²) in [4.78, 5) is 18.3. The van der Waals surface area contributed by atoms with Crippen LogP contribution >= 0.6 is 15.9 Å². The van der Waals surface area contributed by atoms with Crippen molar-refractivity contribution in [3.63, 3.8) is 0 Å². The highest BCUT2D eigenvalue weighted by molar-refractivity contribution is 9.10. The number of benzene rings is 2. The molecule has 0 aliphatic heterocycles. The van der Waals surface area contributed by atoms with Crippen LogP contribution in [0.25, 0.3) is 0 Å². The highest BCUT2D eigenvalue weighted by atomic mass is 79.9. The summed E-state index contributed by atoms with van der Waals surface area (Å²) in [6.07, 6.45) is 0.398. The van der Waals surface area contributed by atoms with Crippen molar-refractivity contribution in [2.45, 2.75) is 19.5 Å². The van der Waals surface area contributed by atoms with Gasteiger partial charge in [0.05, 0.1) is 0 Å². The largest absolute Gasteiger partial charge is 0.356 e. The second-order valence-electron chi connectivity index (χ2n) is 5.93. The van der Waals surface area contributed by atoms with Gasteiger partial charge in [-0.3, -0.25) is 9.79 Å². The number of amides is 1. The van der Waals surface area contributed by atoms with E-state index in [2.05, 4.69) is 37.6 Å². The minimum Gasteiger partial charge on any atom is -0.356 e. The maximum atomic E-state index is 12.0. The van der Waals surface area contributed by atoms with Gasteiger partial charge in [-0.15, -0.1) is 0 Å². The predicted octanol–water partition coefficient (Wildman–Crippen LogP) is 3.16. The molecule has 6 heteroatoms. The molecule has 138 valence electrons. The maximum Gasteiger partial charge on any atom is 0.222 e. The maximum absolute atomic E-state index is 12.0. The van der Waals surface area contributed by atoms with E-state index in [1.54, 1.807) is 7.05 Å². The summed E-state index contributed by atoms with van der Waals surface area (Å²) in [6, 6.07) is 18.0. The minimum atomic E-state index is 0.0188. The standard InChI is InChI=1S/C20H25BrN4O/c1-22-20(25(2)15-17-10-6-7-11-18(17)21)23-13-12-19(26)24-14-16-8-4-3-5-9-16/h3-11H,12-15H2,1-2H3,(H,22,23)(H,24,26). The predicted molar refractivity (Wildman–Crippen MR) is 110 cm³/mol. The van der Waals surface area contributed by atoms with Crippen molar-refractivity contribution in [1.29, 1.82) is 0 Å². The Bertz CT molecular complexity index is 734. The summed E-state index contributed by atoms with van der Waals surface area (Å²) >= 11 is 3.56. The molecule has 26 heavy (non-hydrogen) atoms. The Labute approximate surface area is 163 Å². The van der Waals surface area contributed by atoms with Crippen molar-refractivity contribution < 1.29 is 4.79 Å². The average Bonchev–Trinajstić information content (AvgIpc) is 2.66. The van der Waals surface area contributed by atoms with E-state index in [0.717, 1.165) is 22.5 Å². The Morgan fingerprint density at radius 1 is 1.08 bits per heavy atom. The van der Waals surface area contributed by atoms with Gasteiger partial charge in [-0.1, -0.05) is 64.5 Å². The van der Waals surface area contributed by atoms with E-state index in [1.165, 1.54) is 5.56 Å². The van der Waals surface area contributed by atoms with E-state index in [9.17, 15) is 4.79 Å². The first-order valence-electron chi connectivity index (χ1n) is 8.56. The Hall–Kier alpha value is -2.34. The fourth-order valence-corrected chi connectivity index (χ4v) is 2.92. The van der Waals surface area contributed by atoms with Crippen LogP contribution in [0.15, 0.2) is 64.1 Å². The number of nitrogens with zero attached hydrogens (tertiary/aromatic N) is 2. The molecule has 0 bridgehead atoms. The van der Waals surface area contributed by atoms with Crippen LogP contribution in [-0.4, -0.2) is 37.4 Å². The molecule has 0 atom stereocenters. The first-order valence-corrected chi connectivity index (χ1v) is 9.35. The summed E-state index contributed by atoms with van der Waals surface area (Å²) in [6.45, 7) is 1.81. The van der Waals surface area contributed by atoms with Crippen molar-refractivity contribution in [2.24, 2.45) is 4.99 Å². The van der Waals surface area contributed by atoms with Gasteiger partial charge in [0.25, 0.3) is 0 Å². The summed E-state index contributed by atoms with van der Waals surface area (Å²) in [5.74, 6) is 0.780. The first kappa shape index (κ1) is 20.0. The number of hydrogen-bond acceptors (Lipinski definition) is 2. The van der Waals surface area contributed by atoms with Crippen LogP contribution in [0.1, 0.15) is 17.5 Å². The average molecular weight is 417 g/mol. The molecular formula is C20H25BrN4O. The van der Waals surface area contributed by atoms with Crippen LogP contribution in [0.3, 0.4) is 0 Å². The summed E-state index contributed by atoms with van der Waals surface area (Å²) in [7, 11) is 3.72. The molecule has 0 aliphatic rings. The zero-order valence-corrected chi connectivity index (χ0v) is 16.8.